The van der Waals surface area contributed by atoms with Gasteiger partial charge in [0.15, 0.2) is 0 Å². The fourth-order valence-electron chi connectivity index (χ4n) is 8.64. The number of pyridine rings is 1. The molecule has 3 N–H and O–H groups in total. The number of carbonyl (C=O) groups excluding carboxylic acids is 4. The molecule has 2 aromatic carbocycles. The molecule has 2 heterocycles. The molecule has 318 valence electrons. The number of hydrogen-bond donors (Lipinski definition) is 3. The standard InChI is InChI=1S/C44H57N5O9S/c1-6-29-25-44(29,41(52)48-59(54,55)32-18-19-32)47-39(50)37-23-31(26-49(37)40(51)36(21-27-13-9-7-10-14-27)46-42(53)58-43(2,3)4)57-38-24-34(28-15-11-8-12-16-28)45-35-22-30(56-5)17-20-33(35)38/h8,11-12,15-17,20,22,24,27,29,31-32,36-37H,6-7,9-10,13-14,18-19,21,23,25-26H2,1-5H3,(H,46,53)(H,47,50)(H,48,52)/t29?,31-,36+,37+,44?/m1/s1. The van der Waals surface area contributed by atoms with E-state index in [0.29, 0.717) is 53.8 Å². The predicted molar refractivity (Wildman–Crippen MR) is 222 cm³/mol. The van der Waals surface area contributed by atoms with E-state index in [9.17, 15) is 27.6 Å². The number of rotatable bonds is 14. The summed E-state index contributed by atoms with van der Waals surface area (Å²) in [6.07, 6.45) is 5.76. The van der Waals surface area contributed by atoms with Crippen molar-refractivity contribution in [2.75, 3.05) is 13.7 Å². The number of methoxy groups -OCH3 is 1. The maximum Gasteiger partial charge on any atom is 0.408 e. The molecule has 1 aliphatic heterocycles. The monoisotopic (exact) mass is 831 g/mol. The molecular weight excluding hydrogens is 775 g/mol. The Kier molecular flexibility index (Phi) is 12.1. The molecule has 7 rings (SSSR count). The highest BCUT2D eigenvalue weighted by Gasteiger charge is 2.62. The van der Waals surface area contributed by atoms with Crippen molar-refractivity contribution in [1.82, 2.24) is 25.2 Å². The lowest BCUT2D eigenvalue weighted by Gasteiger charge is -2.32. The fraction of sp³-hybridized carbons (Fsp3) is 0.568. The summed E-state index contributed by atoms with van der Waals surface area (Å²) in [7, 11) is -2.30. The second-order valence-corrected chi connectivity index (χ2v) is 19.6. The maximum atomic E-state index is 14.9. The van der Waals surface area contributed by atoms with Gasteiger partial charge in [-0.05, 0) is 70.4 Å². The van der Waals surface area contributed by atoms with Gasteiger partial charge >= 0.3 is 6.09 Å². The Morgan fingerprint density at radius 2 is 1.71 bits per heavy atom. The second kappa shape index (κ2) is 17.0. The minimum absolute atomic E-state index is 0.00118. The summed E-state index contributed by atoms with van der Waals surface area (Å²) >= 11 is 0. The topological polar surface area (TPSA) is 182 Å². The molecule has 0 bridgehead atoms. The molecule has 0 spiro atoms. The van der Waals surface area contributed by atoms with Crippen molar-refractivity contribution in [2.45, 2.75) is 133 Å². The molecule has 59 heavy (non-hydrogen) atoms. The molecule has 0 radical (unpaired) electrons. The number of likely N-dealkylation sites (tertiary alicyclic amines) is 1. The van der Waals surface area contributed by atoms with Crippen LogP contribution in [-0.2, 0) is 29.1 Å². The highest BCUT2D eigenvalue weighted by atomic mass is 32.2. The fourth-order valence-corrected chi connectivity index (χ4v) is 10.00. The molecule has 4 aliphatic rings. The molecule has 1 saturated heterocycles. The molecule has 3 aromatic rings. The van der Waals surface area contributed by atoms with Gasteiger partial charge in [-0.3, -0.25) is 19.1 Å². The first-order valence-corrected chi connectivity index (χ1v) is 22.5. The van der Waals surface area contributed by atoms with E-state index in [1.54, 1.807) is 27.9 Å². The van der Waals surface area contributed by atoms with Crippen molar-refractivity contribution in [3.05, 3.63) is 54.6 Å². The van der Waals surface area contributed by atoms with E-state index in [-0.39, 0.29) is 31.2 Å². The number of sulfonamides is 1. The highest BCUT2D eigenvalue weighted by molar-refractivity contribution is 7.91. The highest BCUT2D eigenvalue weighted by Crippen LogP contribution is 2.47. The number of ether oxygens (including phenoxy) is 3. The van der Waals surface area contributed by atoms with Crippen LogP contribution in [0, 0.1) is 11.8 Å². The molecule has 14 nitrogen and oxygen atoms in total. The number of nitrogens with zero attached hydrogens (tertiary/aromatic N) is 2. The first kappa shape index (κ1) is 42.2. The number of benzene rings is 2. The van der Waals surface area contributed by atoms with Gasteiger partial charge in [-0.1, -0.05) is 75.8 Å². The molecule has 5 atom stereocenters. The van der Waals surface area contributed by atoms with E-state index < -0.39 is 68.4 Å². The van der Waals surface area contributed by atoms with Crippen LogP contribution < -0.4 is 24.8 Å². The van der Waals surface area contributed by atoms with Crippen molar-refractivity contribution in [3.63, 3.8) is 0 Å². The van der Waals surface area contributed by atoms with Gasteiger partial charge < -0.3 is 29.7 Å². The normalized spacial score (nSPS) is 23.9. The Morgan fingerprint density at radius 1 is 0.983 bits per heavy atom. The van der Waals surface area contributed by atoms with Crippen LogP contribution >= 0.6 is 0 Å². The van der Waals surface area contributed by atoms with Crippen LogP contribution in [0.3, 0.4) is 0 Å². The first-order valence-electron chi connectivity index (χ1n) is 21.0. The summed E-state index contributed by atoms with van der Waals surface area (Å²) < 4.78 is 45.8. The van der Waals surface area contributed by atoms with E-state index in [2.05, 4.69) is 15.4 Å². The lowest BCUT2D eigenvalue weighted by molar-refractivity contribution is -0.141. The van der Waals surface area contributed by atoms with Gasteiger partial charge in [0, 0.05) is 29.5 Å². The van der Waals surface area contributed by atoms with E-state index in [1.165, 1.54) is 4.90 Å². The average Bonchev–Trinajstić information content (AvgIpc) is 4.14. The van der Waals surface area contributed by atoms with Crippen LogP contribution in [-0.4, -0.2) is 90.3 Å². The summed E-state index contributed by atoms with van der Waals surface area (Å²) in [5.74, 6) is -0.810. The SMILES string of the molecule is CCC1CC1(NC(=O)[C@@H]1C[C@@H](Oc2cc(-c3ccccc3)nc3cc(OC)ccc23)CN1C(=O)[C@H](CC1CCCCC1)NC(=O)OC(C)(C)C)C(=O)NS(=O)(=O)C1CC1. The summed E-state index contributed by atoms with van der Waals surface area (Å²) in [6, 6.07) is 14.9. The number of amides is 4. The van der Waals surface area contributed by atoms with Crippen LogP contribution in [0.25, 0.3) is 22.2 Å². The Bertz CT molecular complexity index is 2170. The van der Waals surface area contributed by atoms with E-state index in [0.717, 1.165) is 37.7 Å². The van der Waals surface area contributed by atoms with Crippen molar-refractivity contribution >= 4 is 44.7 Å². The number of hydrogen-bond acceptors (Lipinski definition) is 10. The van der Waals surface area contributed by atoms with Crippen LogP contribution in [0.2, 0.25) is 0 Å². The number of nitrogens with one attached hydrogen (secondary N) is 3. The molecule has 4 fully saturated rings. The van der Waals surface area contributed by atoms with Gasteiger partial charge in [0.2, 0.25) is 21.8 Å². The quantitative estimate of drug-likeness (QED) is 0.174. The van der Waals surface area contributed by atoms with Crippen molar-refractivity contribution in [1.29, 1.82) is 0 Å². The Balaban J connectivity index is 1.21. The van der Waals surface area contributed by atoms with Crippen molar-refractivity contribution in [2.24, 2.45) is 11.8 Å². The zero-order valence-corrected chi connectivity index (χ0v) is 35.4. The Hall–Kier alpha value is -4.92. The van der Waals surface area contributed by atoms with Gasteiger partial charge in [0.05, 0.1) is 30.1 Å². The number of alkyl carbamates (subject to hydrolysis) is 1. The van der Waals surface area contributed by atoms with Crippen LogP contribution in [0.4, 0.5) is 4.79 Å². The lowest BCUT2D eigenvalue weighted by Crippen LogP contribution is -2.58. The Labute approximate surface area is 346 Å². The lowest BCUT2D eigenvalue weighted by atomic mass is 9.84. The first-order chi connectivity index (χ1) is 28.1. The third-order valence-electron chi connectivity index (χ3n) is 12.0. The molecule has 4 amide bonds. The largest absolute Gasteiger partial charge is 0.497 e. The van der Waals surface area contributed by atoms with Gasteiger partial charge in [0.25, 0.3) is 5.91 Å². The van der Waals surface area contributed by atoms with E-state index in [1.807, 2.05) is 61.5 Å². The number of fused-ring (bicyclic) bond motifs is 1. The van der Waals surface area contributed by atoms with Crippen LogP contribution in [0.1, 0.15) is 98.3 Å². The summed E-state index contributed by atoms with van der Waals surface area (Å²) in [6.45, 7) is 7.13. The summed E-state index contributed by atoms with van der Waals surface area (Å²) in [5.41, 5.74) is -0.103. The van der Waals surface area contributed by atoms with Crippen LogP contribution in [0.15, 0.2) is 54.6 Å². The minimum atomic E-state index is -3.88. The third-order valence-corrected chi connectivity index (χ3v) is 13.8. The maximum absolute atomic E-state index is 14.9. The second-order valence-electron chi connectivity index (χ2n) is 17.6. The number of carbonyl (C=O) groups is 4. The average molecular weight is 832 g/mol. The van der Waals surface area contributed by atoms with Gasteiger partial charge in [-0.15, -0.1) is 0 Å². The summed E-state index contributed by atoms with van der Waals surface area (Å²) in [4.78, 5) is 62.8. The van der Waals surface area contributed by atoms with Crippen LogP contribution in [0.5, 0.6) is 11.5 Å². The summed E-state index contributed by atoms with van der Waals surface area (Å²) in [5, 5.41) is 5.85. The molecule has 3 aliphatic carbocycles. The van der Waals surface area contributed by atoms with Crippen molar-refractivity contribution < 1.29 is 41.8 Å². The van der Waals surface area contributed by atoms with Gasteiger partial charge in [-0.2, -0.15) is 0 Å². The third kappa shape index (κ3) is 9.77. The molecular formula is C44H57N5O9S. The van der Waals surface area contributed by atoms with E-state index in [4.69, 9.17) is 19.2 Å². The van der Waals surface area contributed by atoms with Gasteiger partial charge in [-0.25, -0.2) is 18.2 Å². The molecule has 15 heteroatoms. The molecule has 1 aromatic heterocycles. The van der Waals surface area contributed by atoms with Crippen molar-refractivity contribution in [3.8, 4) is 22.8 Å². The van der Waals surface area contributed by atoms with Gasteiger partial charge in [0.1, 0.15) is 40.8 Å². The molecule has 3 saturated carbocycles. The Morgan fingerprint density at radius 3 is 2.36 bits per heavy atom. The smallest absolute Gasteiger partial charge is 0.408 e. The molecule has 2 unspecified atom stereocenters. The minimum Gasteiger partial charge on any atom is -0.497 e. The predicted octanol–water partition coefficient (Wildman–Crippen LogP) is 6.02. The number of aromatic nitrogens is 1. The zero-order valence-electron chi connectivity index (χ0n) is 34.6. The zero-order chi connectivity index (χ0) is 42.1. The van der Waals surface area contributed by atoms with E-state index >= 15 is 0 Å².